The molecule has 0 aromatic carbocycles. The molecular weight excluding hydrogens is 592 g/mol. The molecule has 3 unspecified atom stereocenters. The Balaban J connectivity index is 1.68. The highest BCUT2D eigenvalue weighted by Gasteiger charge is 2.56. The largest absolute Gasteiger partial charge is 0.394 e. The van der Waals surface area contributed by atoms with Gasteiger partial charge in [-0.2, -0.15) is 0 Å². The number of ether oxygens (including phenoxy) is 7. The molecule has 43 heavy (non-hydrogen) atoms. The molecule has 0 radical (unpaired) electrons. The Labute approximate surface area is 244 Å². The van der Waals surface area contributed by atoms with E-state index in [0.29, 0.717) is 0 Å². The van der Waals surface area contributed by atoms with Crippen LogP contribution >= 0.6 is 0 Å². The third-order valence-electron chi connectivity index (χ3n) is 8.13. The Bertz CT molecular complexity index is 884. The Hall–Kier alpha value is -0.760. The van der Waals surface area contributed by atoms with Crippen molar-refractivity contribution in [2.24, 2.45) is 0 Å². The first-order valence-electron chi connectivity index (χ1n) is 13.8. The maximum Gasteiger partial charge on any atom is 0.187 e. The van der Waals surface area contributed by atoms with Gasteiger partial charge in [0.1, 0.15) is 85.5 Å². The van der Waals surface area contributed by atoms with E-state index in [0.717, 1.165) is 0 Å². The molecule has 0 bridgehead atoms. The summed E-state index contributed by atoms with van der Waals surface area (Å²) in [5.74, 6) is 0. The van der Waals surface area contributed by atoms with E-state index in [1.165, 1.54) is 13.8 Å². The van der Waals surface area contributed by atoms with Crippen molar-refractivity contribution < 1.29 is 94.4 Å². The number of hydrogen-bond acceptors (Lipinski definition) is 19. The first kappa shape index (κ1) is 35.1. The summed E-state index contributed by atoms with van der Waals surface area (Å²) < 4.78 is 39.2. The Kier molecular flexibility index (Phi) is 11.7. The van der Waals surface area contributed by atoms with E-state index >= 15 is 0 Å². The summed E-state index contributed by atoms with van der Waals surface area (Å²) in [5, 5.41) is 123. The maximum absolute atomic E-state index is 11.1. The van der Waals surface area contributed by atoms with Gasteiger partial charge >= 0.3 is 0 Å². The lowest BCUT2D eigenvalue weighted by Gasteiger charge is -2.50. The second kappa shape index (κ2) is 14.3. The van der Waals surface area contributed by atoms with Crippen LogP contribution in [0.25, 0.3) is 0 Å². The van der Waals surface area contributed by atoms with Crippen molar-refractivity contribution in [2.45, 2.75) is 137 Å². The summed E-state index contributed by atoms with van der Waals surface area (Å²) in [6, 6.07) is 0. The fourth-order valence-corrected chi connectivity index (χ4v) is 5.40. The van der Waals surface area contributed by atoms with E-state index < -0.39 is 136 Å². The molecule has 4 heterocycles. The number of rotatable bonds is 8. The van der Waals surface area contributed by atoms with Crippen molar-refractivity contribution in [2.75, 3.05) is 13.2 Å². The molecule has 252 valence electrons. The highest BCUT2D eigenvalue weighted by Crippen LogP contribution is 2.35. The molecular formula is C24H42O19. The number of aliphatic hydroxyl groups excluding tert-OH is 12. The SMILES string of the molecule is C[C@@H]1OC(O[C@H]2[C@H](O[C@H]3[C@H](O)[C@@H](O)C(O)O[C@@H]3CO)O[C@H](CO)[C@H](O)[C@@H]2OC2O[C@@H](C)[C@@H](O)[C@@H](O)[C@@H]2O)[C@@H](O)[C@H](O)[C@@H]1O. The average Bonchev–Trinajstić information content (AvgIpc) is 2.98. The quantitative estimate of drug-likeness (QED) is 0.118. The summed E-state index contributed by atoms with van der Waals surface area (Å²) in [4.78, 5) is 0. The van der Waals surface area contributed by atoms with Crippen LogP contribution in [0.5, 0.6) is 0 Å². The van der Waals surface area contributed by atoms with Gasteiger partial charge in [0.25, 0.3) is 0 Å². The predicted molar refractivity (Wildman–Crippen MR) is 131 cm³/mol. The number of hydrogen-bond donors (Lipinski definition) is 12. The van der Waals surface area contributed by atoms with E-state index in [2.05, 4.69) is 0 Å². The third-order valence-corrected chi connectivity index (χ3v) is 8.13. The summed E-state index contributed by atoms with van der Waals surface area (Å²) in [6.07, 6.45) is -33.4. The predicted octanol–water partition coefficient (Wildman–Crippen LogP) is -7.69. The van der Waals surface area contributed by atoms with E-state index in [9.17, 15) is 61.3 Å². The summed E-state index contributed by atoms with van der Waals surface area (Å²) in [5.41, 5.74) is 0. The van der Waals surface area contributed by atoms with Crippen molar-refractivity contribution in [1.29, 1.82) is 0 Å². The molecule has 12 N–H and O–H groups in total. The molecule has 4 rings (SSSR count). The normalized spacial score (nSPS) is 54.8. The van der Waals surface area contributed by atoms with Crippen molar-refractivity contribution in [3.63, 3.8) is 0 Å². The molecule has 0 aliphatic carbocycles. The molecule has 4 aliphatic heterocycles. The Morgan fingerprint density at radius 3 is 1.37 bits per heavy atom. The molecule has 0 aromatic rings. The fraction of sp³-hybridized carbons (Fsp3) is 1.00. The second-order valence-electron chi connectivity index (χ2n) is 11.1. The topological polar surface area (TPSA) is 307 Å². The van der Waals surface area contributed by atoms with Crippen LogP contribution < -0.4 is 0 Å². The van der Waals surface area contributed by atoms with Gasteiger partial charge in [0.05, 0.1) is 25.4 Å². The van der Waals surface area contributed by atoms with Crippen LogP contribution in [0.1, 0.15) is 13.8 Å². The van der Waals surface area contributed by atoms with Gasteiger partial charge in [0, 0.05) is 0 Å². The monoisotopic (exact) mass is 634 g/mol. The Morgan fingerprint density at radius 1 is 0.419 bits per heavy atom. The fourth-order valence-electron chi connectivity index (χ4n) is 5.40. The minimum Gasteiger partial charge on any atom is -0.394 e. The lowest BCUT2D eigenvalue weighted by Crippen LogP contribution is -2.68. The Morgan fingerprint density at radius 2 is 0.884 bits per heavy atom. The van der Waals surface area contributed by atoms with Gasteiger partial charge in [-0.1, -0.05) is 0 Å². The van der Waals surface area contributed by atoms with Crippen molar-refractivity contribution in [3.05, 3.63) is 0 Å². The first-order valence-corrected chi connectivity index (χ1v) is 13.8. The van der Waals surface area contributed by atoms with Gasteiger partial charge in [-0.15, -0.1) is 0 Å². The van der Waals surface area contributed by atoms with E-state index in [4.69, 9.17) is 33.2 Å². The minimum atomic E-state index is -1.91. The highest BCUT2D eigenvalue weighted by molar-refractivity contribution is 4.98. The molecule has 20 atom stereocenters. The standard InChI is InChI=1S/C24H42O19/c1-5-9(27)12(30)16(34)22(37-5)42-19-11(29)7(3-25)40-24(41-18-8(4-26)39-21(36)15(33)14(18)32)20(19)43-23-17(35)13(31)10(28)6(2)38-23/h5-36H,3-4H2,1-2H3/t5-,6-,7+,8+,9+,10+,11-,12+,13+,14+,15+,16-,17-,18+,19-,20+,21?,22?,23?,24-/m0/s1. The molecule has 4 fully saturated rings. The van der Waals surface area contributed by atoms with Crippen molar-refractivity contribution >= 4 is 0 Å². The summed E-state index contributed by atoms with van der Waals surface area (Å²) in [6.45, 7) is 1.04. The third kappa shape index (κ3) is 7.00. The first-order chi connectivity index (χ1) is 20.2. The number of aliphatic hydroxyl groups is 12. The van der Waals surface area contributed by atoms with Gasteiger partial charge in [0.2, 0.25) is 0 Å². The lowest BCUT2D eigenvalue weighted by molar-refractivity contribution is -0.403. The molecule has 0 amide bonds. The summed E-state index contributed by atoms with van der Waals surface area (Å²) >= 11 is 0. The maximum atomic E-state index is 11.1. The minimum absolute atomic E-state index is 0.831. The second-order valence-corrected chi connectivity index (χ2v) is 11.1. The van der Waals surface area contributed by atoms with Gasteiger partial charge in [0.15, 0.2) is 25.2 Å². The smallest absolute Gasteiger partial charge is 0.187 e. The van der Waals surface area contributed by atoms with Gasteiger partial charge in [-0.3, -0.25) is 0 Å². The molecule has 4 aliphatic rings. The van der Waals surface area contributed by atoms with Crippen LogP contribution in [0.2, 0.25) is 0 Å². The molecule has 0 aromatic heterocycles. The van der Waals surface area contributed by atoms with Gasteiger partial charge in [-0.25, -0.2) is 0 Å². The van der Waals surface area contributed by atoms with Crippen LogP contribution in [0.15, 0.2) is 0 Å². The van der Waals surface area contributed by atoms with Gasteiger partial charge in [-0.05, 0) is 13.8 Å². The zero-order valence-corrected chi connectivity index (χ0v) is 23.2. The molecule has 19 nitrogen and oxygen atoms in total. The van der Waals surface area contributed by atoms with E-state index in [1.807, 2.05) is 0 Å². The van der Waals surface area contributed by atoms with Crippen LogP contribution in [0.3, 0.4) is 0 Å². The highest BCUT2D eigenvalue weighted by atomic mass is 16.8. The van der Waals surface area contributed by atoms with Crippen molar-refractivity contribution in [1.82, 2.24) is 0 Å². The zero-order chi connectivity index (χ0) is 31.9. The molecule has 19 heteroatoms. The van der Waals surface area contributed by atoms with Crippen LogP contribution in [-0.4, -0.2) is 197 Å². The van der Waals surface area contributed by atoms with E-state index in [-0.39, 0.29) is 0 Å². The van der Waals surface area contributed by atoms with Crippen LogP contribution in [0, 0.1) is 0 Å². The van der Waals surface area contributed by atoms with Crippen molar-refractivity contribution in [3.8, 4) is 0 Å². The zero-order valence-electron chi connectivity index (χ0n) is 23.2. The molecule has 0 spiro atoms. The van der Waals surface area contributed by atoms with E-state index in [1.54, 1.807) is 0 Å². The summed E-state index contributed by atoms with van der Waals surface area (Å²) in [7, 11) is 0. The van der Waals surface area contributed by atoms with Crippen LogP contribution in [0.4, 0.5) is 0 Å². The molecule has 0 saturated carbocycles. The van der Waals surface area contributed by atoms with Crippen LogP contribution in [-0.2, 0) is 33.2 Å². The lowest BCUT2D eigenvalue weighted by atomic mass is 9.95. The average molecular weight is 635 g/mol. The molecule has 4 saturated heterocycles. The van der Waals surface area contributed by atoms with Gasteiger partial charge < -0.3 is 94.4 Å².